The Balaban J connectivity index is 2.28. The van der Waals surface area contributed by atoms with Gasteiger partial charge in [-0.1, -0.05) is 0 Å². The lowest BCUT2D eigenvalue weighted by atomic mass is 9.72. The summed E-state index contributed by atoms with van der Waals surface area (Å²) in [6, 6.07) is 0. The van der Waals surface area contributed by atoms with Crippen molar-refractivity contribution in [2.75, 3.05) is 6.67 Å². The van der Waals surface area contributed by atoms with E-state index in [9.17, 15) is 9.18 Å². The highest BCUT2D eigenvalue weighted by molar-refractivity contribution is 5.71. The molecule has 0 aromatic rings. The molecule has 1 saturated carbocycles. The molecule has 1 rings (SSSR count). The van der Waals surface area contributed by atoms with Crippen molar-refractivity contribution in [1.82, 2.24) is 0 Å². The first-order chi connectivity index (χ1) is 4.75. The lowest BCUT2D eigenvalue weighted by Crippen LogP contribution is -2.32. The second-order valence-corrected chi connectivity index (χ2v) is 2.76. The van der Waals surface area contributed by atoms with E-state index in [-0.39, 0.29) is 18.5 Å². The van der Waals surface area contributed by atoms with Crippen molar-refractivity contribution in [1.29, 1.82) is 0 Å². The molecule has 2 unspecified atom stereocenters. The molecule has 0 saturated heterocycles. The Morgan fingerprint density at radius 2 is 2.30 bits per heavy atom. The number of carboxylic acids is 1. The standard InChI is InChI=1S/C7H11FO2/c8-4-3-5-1-2-6(5)7(9)10/h5-6H,1-4H2,(H,9,10). The van der Waals surface area contributed by atoms with Gasteiger partial charge < -0.3 is 5.11 Å². The number of rotatable bonds is 3. The van der Waals surface area contributed by atoms with Crippen molar-refractivity contribution in [3.05, 3.63) is 0 Å². The summed E-state index contributed by atoms with van der Waals surface area (Å²) in [6.07, 6.45) is 2.05. The highest BCUT2D eigenvalue weighted by atomic mass is 19.1. The number of carboxylic acid groups (broad SMARTS) is 1. The molecule has 58 valence electrons. The Labute approximate surface area is 59.0 Å². The van der Waals surface area contributed by atoms with Crippen molar-refractivity contribution in [3.8, 4) is 0 Å². The molecule has 0 aromatic carbocycles. The van der Waals surface area contributed by atoms with Gasteiger partial charge in [-0.25, -0.2) is 0 Å². The third-order valence-electron chi connectivity index (χ3n) is 2.21. The van der Waals surface area contributed by atoms with Crippen LogP contribution in [0.4, 0.5) is 4.39 Å². The normalized spacial score (nSPS) is 31.3. The summed E-state index contributed by atoms with van der Waals surface area (Å²) in [4.78, 5) is 10.3. The first-order valence-electron chi connectivity index (χ1n) is 3.54. The van der Waals surface area contributed by atoms with Gasteiger partial charge in [0.2, 0.25) is 0 Å². The highest BCUT2D eigenvalue weighted by Gasteiger charge is 2.35. The Morgan fingerprint density at radius 3 is 2.60 bits per heavy atom. The molecule has 1 aliphatic rings. The number of hydrogen-bond acceptors (Lipinski definition) is 1. The van der Waals surface area contributed by atoms with E-state index in [1.807, 2.05) is 0 Å². The summed E-state index contributed by atoms with van der Waals surface area (Å²) >= 11 is 0. The van der Waals surface area contributed by atoms with E-state index >= 15 is 0 Å². The fourth-order valence-corrected chi connectivity index (χ4v) is 1.38. The van der Waals surface area contributed by atoms with Crippen molar-refractivity contribution >= 4 is 5.97 Å². The lowest BCUT2D eigenvalue weighted by molar-refractivity contribution is -0.147. The fraction of sp³-hybridized carbons (Fsp3) is 0.857. The van der Waals surface area contributed by atoms with Crippen LogP contribution in [-0.4, -0.2) is 17.8 Å². The Hall–Kier alpha value is -0.600. The van der Waals surface area contributed by atoms with Crippen LogP contribution in [0.25, 0.3) is 0 Å². The third kappa shape index (κ3) is 1.28. The van der Waals surface area contributed by atoms with Crippen molar-refractivity contribution in [2.24, 2.45) is 11.8 Å². The molecule has 0 bridgehead atoms. The van der Waals surface area contributed by atoms with Crippen LogP contribution in [0.3, 0.4) is 0 Å². The monoisotopic (exact) mass is 146 g/mol. The zero-order valence-corrected chi connectivity index (χ0v) is 5.72. The van der Waals surface area contributed by atoms with Gasteiger partial charge in [-0.05, 0) is 25.2 Å². The van der Waals surface area contributed by atoms with Gasteiger partial charge >= 0.3 is 5.97 Å². The molecule has 0 spiro atoms. The Bertz CT molecular complexity index is 136. The maximum absolute atomic E-state index is 11.7. The van der Waals surface area contributed by atoms with Gasteiger partial charge in [-0.2, -0.15) is 0 Å². The average molecular weight is 146 g/mol. The van der Waals surface area contributed by atoms with Crippen LogP contribution in [0.1, 0.15) is 19.3 Å². The number of alkyl halides is 1. The smallest absolute Gasteiger partial charge is 0.306 e. The second kappa shape index (κ2) is 2.99. The van der Waals surface area contributed by atoms with E-state index < -0.39 is 5.97 Å². The SMILES string of the molecule is O=C(O)C1CCC1CCF. The maximum atomic E-state index is 11.7. The molecule has 1 N–H and O–H groups in total. The number of hydrogen-bond donors (Lipinski definition) is 1. The lowest BCUT2D eigenvalue weighted by Gasteiger charge is -2.32. The zero-order valence-electron chi connectivity index (χ0n) is 5.72. The summed E-state index contributed by atoms with van der Waals surface area (Å²) in [5.74, 6) is -0.900. The minimum Gasteiger partial charge on any atom is -0.481 e. The molecule has 0 amide bonds. The summed E-state index contributed by atoms with van der Waals surface area (Å²) in [5, 5.41) is 8.51. The molecule has 0 heterocycles. The van der Waals surface area contributed by atoms with Crippen LogP contribution in [0.15, 0.2) is 0 Å². The molecular weight excluding hydrogens is 135 g/mol. The molecule has 3 heteroatoms. The average Bonchev–Trinajstić information content (AvgIpc) is 1.78. The zero-order chi connectivity index (χ0) is 7.56. The molecule has 0 radical (unpaired) electrons. The van der Waals surface area contributed by atoms with Gasteiger partial charge in [-0.15, -0.1) is 0 Å². The van der Waals surface area contributed by atoms with E-state index in [2.05, 4.69) is 0 Å². The van der Waals surface area contributed by atoms with E-state index in [1.54, 1.807) is 0 Å². The first-order valence-corrected chi connectivity index (χ1v) is 3.54. The van der Waals surface area contributed by atoms with Gasteiger partial charge in [-0.3, -0.25) is 9.18 Å². The third-order valence-corrected chi connectivity index (χ3v) is 2.21. The fourth-order valence-electron chi connectivity index (χ4n) is 1.38. The second-order valence-electron chi connectivity index (χ2n) is 2.76. The quantitative estimate of drug-likeness (QED) is 0.654. The van der Waals surface area contributed by atoms with Crippen molar-refractivity contribution in [2.45, 2.75) is 19.3 Å². The number of carbonyl (C=O) groups is 1. The van der Waals surface area contributed by atoms with E-state index in [0.29, 0.717) is 6.42 Å². The molecule has 2 atom stereocenters. The minimum atomic E-state index is -0.760. The van der Waals surface area contributed by atoms with Gasteiger partial charge in [0.15, 0.2) is 0 Å². The van der Waals surface area contributed by atoms with Gasteiger partial charge in [0.25, 0.3) is 0 Å². The van der Waals surface area contributed by atoms with Crippen LogP contribution < -0.4 is 0 Å². The van der Waals surface area contributed by atoms with Crippen molar-refractivity contribution in [3.63, 3.8) is 0 Å². The summed E-state index contributed by atoms with van der Waals surface area (Å²) < 4.78 is 11.7. The maximum Gasteiger partial charge on any atom is 0.306 e. The van der Waals surface area contributed by atoms with Crippen molar-refractivity contribution < 1.29 is 14.3 Å². The van der Waals surface area contributed by atoms with Crippen LogP contribution in [0, 0.1) is 11.8 Å². The predicted octanol–water partition coefficient (Wildman–Crippen LogP) is 1.46. The van der Waals surface area contributed by atoms with Crippen LogP contribution in [0.2, 0.25) is 0 Å². The topological polar surface area (TPSA) is 37.3 Å². The van der Waals surface area contributed by atoms with Crippen LogP contribution >= 0.6 is 0 Å². The van der Waals surface area contributed by atoms with Gasteiger partial charge in [0, 0.05) is 0 Å². The molecule has 2 nitrogen and oxygen atoms in total. The molecular formula is C7H11FO2. The predicted molar refractivity (Wildman–Crippen MR) is 34.4 cm³/mol. The van der Waals surface area contributed by atoms with Gasteiger partial charge in [0.1, 0.15) is 0 Å². The first kappa shape index (κ1) is 7.51. The number of halogens is 1. The minimum absolute atomic E-state index is 0.113. The molecule has 0 aromatic heterocycles. The van der Waals surface area contributed by atoms with E-state index in [1.165, 1.54) is 0 Å². The number of aliphatic carboxylic acids is 1. The summed E-state index contributed by atoms with van der Waals surface area (Å²) in [6.45, 7) is -0.381. The largest absolute Gasteiger partial charge is 0.481 e. The van der Waals surface area contributed by atoms with E-state index in [0.717, 1.165) is 12.8 Å². The van der Waals surface area contributed by atoms with Crippen LogP contribution in [0.5, 0.6) is 0 Å². The Morgan fingerprint density at radius 1 is 1.60 bits per heavy atom. The molecule has 1 aliphatic carbocycles. The van der Waals surface area contributed by atoms with Crippen LogP contribution in [-0.2, 0) is 4.79 Å². The molecule has 10 heavy (non-hydrogen) atoms. The summed E-state index contributed by atoms with van der Waals surface area (Å²) in [7, 11) is 0. The van der Waals surface area contributed by atoms with Gasteiger partial charge in [0.05, 0.1) is 12.6 Å². The molecule has 1 fully saturated rings. The summed E-state index contributed by atoms with van der Waals surface area (Å²) in [5.41, 5.74) is 0. The molecule has 0 aliphatic heterocycles. The Kier molecular flexibility index (Phi) is 2.25. The highest BCUT2D eigenvalue weighted by Crippen LogP contribution is 2.36. The van der Waals surface area contributed by atoms with E-state index in [4.69, 9.17) is 5.11 Å².